The second-order valence-electron chi connectivity index (χ2n) is 4.19. The maximum absolute atomic E-state index is 12.0. The number of hydrogen-bond acceptors (Lipinski definition) is 4. The summed E-state index contributed by atoms with van der Waals surface area (Å²) in [6.45, 7) is 3.86. The molecule has 96 valence electrons. The zero-order valence-electron chi connectivity index (χ0n) is 10.4. The Morgan fingerprint density at radius 1 is 1.47 bits per heavy atom. The van der Waals surface area contributed by atoms with Gasteiger partial charge in [0.05, 0.1) is 12.6 Å². The number of rotatable bonds is 5. The highest BCUT2D eigenvalue weighted by Crippen LogP contribution is 2.06. The lowest BCUT2D eigenvalue weighted by atomic mass is 10.2. The van der Waals surface area contributed by atoms with E-state index in [1.165, 1.54) is 0 Å². The molecule has 0 aliphatic carbocycles. The number of piperazine rings is 1. The maximum atomic E-state index is 12.0. The first-order chi connectivity index (χ1) is 8.19. The molecule has 0 unspecified atom stereocenters. The molecule has 5 heteroatoms. The maximum Gasteiger partial charge on any atom is 0.239 e. The molecule has 1 aliphatic heterocycles. The molecular weight excluding hydrogens is 234 g/mol. The molecule has 0 aromatic heterocycles. The minimum atomic E-state index is -0.346. The van der Waals surface area contributed by atoms with Crippen LogP contribution in [0.15, 0.2) is 0 Å². The number of nitrogens with two attached hydrogens (primary N) is 1. The number of hydrogen-bond donors (Lipinski definition) is 1. The quantitative estimate of drug-likeness (QED) is 0.694. The van der Waals surface area contributed by atoms with Crippen LogP contribution >= 0.6 is 11.8 Å². The van der Waals surface area contributed by atoms with Crippen molar-refractivity contribution in [3.05, 3.63) is 0 Å². The van der Waals surface area contributed by atoms with Gasteiger partial charge in [-0.3, -0.25) is 9.69 Å². The van der Waals surface area contributed by atoms with Gasteiger partial charge in [0.15, 0.2) is 0 Å². The van der Waals surface area contributed by atoms with Crippen LogP contribution in [0.25, 0.3) is 0 Å². The predicted octanol–water partition coefficient (Wildman–Crippen LogP) is -0.156. The fraction of sp³-hybridized carbons (Fsp3) is 0.750. The molecule has 0 saturated carbocycles. The van der Waals surface area contributed by atoms with Gasteiger partial charge in [0.2, 0.25) is 5.91 Å². The van der Waals surface area contributed by atoms with E-state index in [4.69, 9.17) is 12.2 Å². The molecule has 4 nitrogen and oxygen atoms in total. The van der Waals surface area contributed by atoms with Crippen LogP contribution in [0.3, 0.4) is 0 Å². The average molecular weight is 255 g/mol. The third-order valence-electron chi connectivity index (χ3n) is 2.95. The zero-order chi connectivity index (χ0) is 12.7. The van der Waals surface area contributed by atoms with E-state index in [0.717, 1.165) is 38.4 Å². The molecule has 1 aliphatic rings. The van der Waals surface area contributed by atoms with Crippen molar-refractivity contribution in [2.75, 3.05) is 44.7 Å². The second kappa shape index (κ2) is 7.59. The first-order valence-corrected chi connectivity index (χ1v) is 7.27. The minimum absolute atomic E-state index is 0.0828. The first kappa shape index (κ1) is 14.4. The minimum Gasteiger partial charge on any atom is -0.339 e. The SMILES string of the molecule is C#CCN1CCN(C(=O)[C@H](N)CCSC)CC1. The molecule has 1 saturated heterocycles. The van der Waals surface area contributed by atoms with Gasteiger partial charge in [-0.25, -0.2) is 0 Å². The van der Waals surface area contributed by atoms with Crippen molar-refractivity contribution in [1.29, 1.82) is 0 Å². The molecule has 17 heavy (non-hydrogen) atoms. The Labute approximate surface area is 108 Å². The zero-order valence-corrected chi connectivity index (χ0v) is 11.2. The van der Waals surface area contributed by atoms with E-state index in [0.29, 0.717) is 6.54 Å². The van der Waals surface area contributed by atoms with Crippen molar-refractivity contribution in [3.63, 3.8) is 0 Å². The van der Waals surface area contributed by atoms with Crippen LogP contribution in [0.2, 0.25) is 0 Å². The van der Waals surface area contributed by atoms with E-state index < -0.39 is 0 Å². The molecule has 0 aromatic rings. The molecule has 1 atom stereocenters. The molecule has 1 heterocycles. The fourth-order valence-corrected chi connectivity index (χ4v) is 2.35. The van der Waals surface area contributed by atoms with Crippen LogP contribution in [-0.4, -0.2) is 66.5 Å². The van der Waals surface area contributed by atoms with Crippen molar-refractivity contribution >= 4 is 17.7 Å². The summed E-state index contributed by atoms with van der Waals surface area (Å²) in [5.41, 5.74) is 5.88. The molecule has 1 rings (SSSR count). The van der Waals surface area contributed by atoms with E-state index in [1.54, 1.807) is 11.8 Å². The summed E-state index contributed by atoms with van der Waals surface area (Å²) in [6, 6.07) is -0.346. The van der Waals surface area contributed by atoms with Gasteiger partial charge in [0.1, 0.15) is 0 Å². The Hall–Kier alpha value is -0.700. The average Bonchev–Trinajstić information content (AvgIpc) is 2.36. The van der Waals surface area contributed by atoms with Gasteiger partial charge in [-0.1, -0.05) is 5.92 Å². The van der Waals surface area contributed by atoms with Crippen molar-refractivity contribution in [2.45, 2.75) is 12.5 Å². The Kier molecular flexibility index (Phi) is 6.41. The van der Waals surface area contributed by atoms with E-state index in [-0.39, 0.29) is 11.9 Å². The van der Waals surface area contributed by atoms with Crippen LogP contribution in [0, 0.1) is 12.3 Å². The Morgan fingerprint density at radius 3 is 2.65 bits per heavy atom. The van der Waals surface area contributed by atoms with Crippen molar-refractivity contribution in [2.24, 2.45) is 5.73 Å². The van der Waals surface area contributed by atoms with Crippen molar-refractivity contribution < 1.29 is 4.79 Å². The Morgan fingerprint density at radius 2 is 2.12 bits per heavy atom. The van der Waals surface area contributed by atoms with Gasteiger partial charge in [-0.2, -0.15) is 11.8 Å². The number of terminal acetylenes is 1. The highest BCUT2D eigenvalue weighted by atomic mass is 32.2. The summed E-state index contributed by atoms with van der Waals surface area (Å²) in [4.78, 5) is 16.0. The summed E-state index contributed by atoms with van der Waals surface area (Å²) in [5.74, 6) is 3.64. The number of nitrogens with zero attached hydrogens (tertiary/aromatic N) is 2. The Bertz CT molecular complexity index is 282. The third-order valence-corrected chi connectivity index (χ3v) is 3.59. The van der Waals surface area contributed by atoms with Gasteiger partial charge in [0, 0.05) is 26.2 Å². The van der Waals surface area contributed by atoms with Gasteiger partial charge in [-0.05, 0) is 18.4 Å². The van der Waals surface area contributed by atoms with Crippen LogP contribution in [0.4, 0.5) is 0 Å². The smallest absolute Gasteiger partial charge is 0.239 e. The molecule has 1 fully saturated rings. The lowest BCUT2D eigenvalue weighted by Gasteiger charge is -2.35. The monoisotopic (exact) mass is 255 g/mol. The molecule has 0 aromatic carbocycles. The van der Waals surface area contributed by atoms with Crippen molar-refractivity contribution in [3.8, 4) is 12.3 Å². The number of amides is 1. The number of thioether (sulfide) groups is 1. The van der Waals surface area contributed by atoms with Gasteiger partial charge < -0.3 is 10.6 Å². The fourth-order valence-electron chi connectivity index (χ4n) is 1.86. The second-order valence-corrected chi connectivity index (χ2v) is 5.18. The van der Waals surface area contributed by atoms with E-state index in [9.17, 15) is 4.79 Å². The number of carbonyl (C=O) groups is 1. The highest BCUT2D eigenvalue weighted by molar-refractivity contribution is 7.98. The largest absolute Gasteiger partial charge is 0.339 e. The van der Waals surface area contributed by atoms with Gasteiger partial charge >= 0.3 is 0 Å². The first-order valence-electron chi connectivity index (χ1n) is 5.88. The van der Waals surface area contributed by atoms with Crippen LogP contribution in [-0.2, 0) is 4.79 Å². The molecule has 1 amide bonds. The molecule has 0 spiro atoms. The predicted molar refractivity (Wildman–Crippen MR) is 72.8 cm³/mol. The van der Waals surface area contributed by atoms with Crippen LogP contribution < -0.4 is 5.73 Å². The third kappa shape index (κ3) is 4.58. The van der Waals surface area contributed by atoms with Gasteiger partial charge in [0.25, 0.3) is 0 Å². The summed E-state index contributed by atoms with van der Waals surface area (Å²) in [5, 5.41) is 0. The van der Waals surface area contributed by atoms with E-state index in [1.807, 2.05) is 11.2 Å². The lowest BCUT2D eigenvalue weighted by molar-refractivity contribution is -0.134. The van der Waals surface area contributed by atoms with Crippen LogP contribution in [0.1, 0.15) is 6.42 Å². The summed E-state index contributed by atoms with van der Waals surface area (Å²) < 4.78 is 0. The van der Waals surface area contributed by atoms with Crippen molar-refractivity contribution in [1.82, 2.24) is 9.80 Å². The summed E-state index contributed by atoms with van der Waals surface area (Å²) >= 11 is 1.72. The molecule has 0 radical (unpaired) electrons. The molecular formula is C12H21N3OS. The highest BCUT2D eigenvalue weighted by Gasteiger charge is 2.24. The van der Waals surface area contributed by atoms with E-state index >= 15 is 0 Å². The topological polar surface area (TPSA) is 49.6 Å². The standard InChI is InChI=1S/C12H21N3OS/c1-3-5-14-6-8-15(9-7-14)12(16)11(13)4-10-17-2/h1,11H,4-10,13H2,2H3/t11-/m1/s1. The normalized spacial score (nSPS) is 18.8. The number of carbonyl (C=O) groups excluding carboxylic acids is 1. The summed E-state index contributed by atoms with van der Waals surface area (Å²) in [7, 11) is 0. The van der Waals surface area contributed by atoms with Crippen LogP contribution in [0.5, 0.6) is 0 Å². The van der Waals surface area contributed by atoms with Gasteiger partial charge in [-0.15, -0.1) is 6.42 Å². The summed E-state index contributed by atoms with van der Waals surface area (Å²) in [6.07, 6.45) is 8.04. The lowest BCUT2D eigenvalue weighted by Crippen LogP contribution is -2.53. The molecule has 0 bridgehead atoms. The Balaban J connectivity index is 2.33. The molecule has 2 N–H and O–H groups in total. The van der Waals surface area contributed by atoms with E-state index in [2.05, 4.69) is 10.8 Å².